The third-order valence-electron chi connectivity index (χ3n) is 6.40. The summed E-state index contributed by atoms with van der Waals surface area (Å²) in [5, 5.41) is 16.3. The van der Waals surface area contributed by atoms with Crippen LogP contribution in [0.2, 0.25) is 0 Å². The maximum Gasteiger partial charge on any atom is 0.407 e. The van der Waals surface area contributed by atoms with Gasteiger partial charge >= 0.3 is 6.09 Å². The topological polar surface area (TPSA) is 160 Å². The van der Waals surface area contributed by atoms with E-state index in [4.69, 9.17) is 15.9 Å². The Morgan fingerprint density at radius 3 is 2.69 bits per heavy atom. The van der Waals surface area contributed by atoms with Crippen LogP contribution in [-0.4, -0.2) is 65.9 Å². The Hall–Kier alpha value is -3.93. The predicted octanol–water partition coefficient (Wildman–Crippen LogP) is 2.32. The van der Waals surface area contributed by atoms with Gasteiger partial charge in [-0.15, -0.1) is 11.3 Å². The maximum absolute atomic E-state index is 12.6. The Labute approximate surface area is 232 Å². The summed E-state index contributed by atoms with van der Waals surface area (Å²) in [6.07, 6.45) is 4.80. The van der Waals surface area contributed by atoms with Crippen LogP contribution in [0.1, 0.15) is 43.2 Å². The summed E-state index contributed by atoms with van der Waals surface area (Å²) < 4.78 is 5.29. The zero-order chi connectivity index (χ0) is 28.3. The first-order valence-electron chi connectivity index (χ1n) is 12.9. The molecule has 0 bridgehead atoms. The minimum atomic E-state index is -0.565. The number of anilines is 4. The summed E-state index contributed by atoms with van der Waals surface area (Å²) in [6, 6.07) is 3.66. The van der Waals surface area contributed by atoms with Crippen molar-refractivity contribution in [3.8, 4) is 0 Å². The van der Waals surface area contributed by atoms with Crippen molar-refractivity contribution in [2.75, 3.05) is 43.6 Å². The fourth-order valence-electron chi connectivity index (χ4n) is 4.61. The molecule has 2 heterocycles. The zero-order valence-electron chi connectivity index (χ0n) is 23.1. The Kier molecular flexibility index (Phi) is 8.24. The highest BCUT2D eigenvalue weighted by Gasteiger charge is 2.30. The number of hydrogen-bond donors (Lipinski definition) is 5. The number of carbonyl (C=O) groups excluding carboxylic acids is 2. The van der Waals surface area contributed by atoms with Gasteiger partial charge in [-0.2, -0.15) is 0 Å². The van der Waals surface area contributed by atoms with Crippen LogP contribution < -0.4 is 27.1 Å². The van der Waals surface area contributed by atoms with Gasteiger partial charge < -0.3 is 31.3 Å². The average molecular weight is 554 g/mol. The second-order valence-electron chi connectivity index (χ2n) is 10.8. The van der Waals surface area contributed by atoms with E-state index in [1.54, 1.807) is 42.7 Å². The Balaban J connectivity index is 1.57. The molecule has 0 radical (unpaired) electrons. The van der Waals surface area contributed by atoms with E-state index in [1.807, 2.05) is 26.8 Å². The molecule has 1 atom stereocenters. The normalized spacial score (nSPS) is 14.8. The molecule has 0 unspecified atom stereocenters. The summed E-state index contributed by atoms with van der Waals surface area (Å²) in [5.41, 5.74) is 9.50. The van der Waals surface area contributed by atoms with Gasteiger partial charge in [-0.1, -0.05) is 0 Å². The number of hydrogen-bond acceptors (Lipinski definition) is 9. The molecule has 1 aromatic carbocycles. The molecule has 0 spiro atoms. The van der Waals surface area contributed by atoms with E-state index in [0.717, 1.165) is 34.4 Å². The van der Waals surface area contributed by atoms with Crippen LogP contribution >= 0.6 is 11.3 Å². The Morgan fingerprint density at radius 1 is 1.23 bits per heavy atom. The standard InChI is InChI=1S/C27H36N8O3S/c1-27(2,3)38-26(37)31-9-8-30-19-12-18(29)16(13-28)10-20(19)34-23-22-17-7-6-15(25(36)35(4)5)11-21(17)39-24(22)33-14-32-23/h10,12-15,28,30H,6-9,11,29H2,1-5H3,(H,31,37)(H,32,33,34)/p+1/t15-/m0/s1. The number of aryl methyl sites for hydroxylation is 1. The van der Waals surface area contributed by atoms with Gasteiger partial charge in [0.2, 0.25) is 5.91 Å². The predicted molar refractivity (Wildman–Crippen MR) is 156 cm³/mol. The third-order valence-corrected chi connectivity index (χ3v) is 7.56. The third kappa shape index (κ3) is 6.56. The molecule has 39 heavy (non-hydrogen) atoms. The lowest BCUT2D eigenvalue weighted by atomic mass is 9.87. The first kappa shape index (κ1) is 28.1. The summed E-state index contributed by atoms with van der Waals surface area (Å²) >= 11 is 1.62. The van der Waals surface area contributed by atoms with Gasteiger partial charge in [-0.05, 0) is 57.7 Å². The number of carbonyl (C=O) groups is 2. The highest BCUT2D eigenvalue weighted by molar-refractivity contribution is 7.19. The number of nitrogens with zero attached hydrogens (tertiary/aromatic N) is 3. The van der Waals surface area contributed by atoms with Gasteiger partial charge in [0.25, 0.3) is 0 Å². The first-order valence-corrected chi connectivity index (χ1v) is 13.7. The van der Waals surface area contributed by atoms with Crippen molar-refractivity contribution < 1.29 is 19.7 Å². The van der Waals surface area contributed by atoms with Crippen LogP contribution in [0.15, 0.2) is 18.5 Å². The molecule has 1 aliphatic rings. The van der Waals surface area contributed by atoms with Crippen LogP contribution in [0.5, 0.6) is 0 Å². The van der Waals surface area contributed by atoms with E-state index in [2.05, 4.69) is 25.9 Å². The van der Waals surface area contributed by atoms with Gasteiger partial charge in [0.05, 0.1) is 22.3 Å². The number of nitrogens with one attached hydrogen (secondary N) is 3. The van der Waals surface area contributed by atoms with Gasteiger partial charge in [0, 0.05) is 43.7 Å². The van der Waals surface area contributed by atoms with Crippen molar-refractivity contribution in [1.29, 1.82) is 0 Å². The van der Waals surface area contributed by atoms with Crippen molar-refractivity contribution in [3.05, 3.63) is 34.5 Å². The molecule has 11 nitrogen and oxygen atoms in total. The summed E-state index contributed by atoms with van der Waals surface area (Å²) in [6.45, 7) is 6.24. The van der Waals surface area contributed by atoms with Crippen molar-refractivity contribution in [3.63, 3.8) is 0 Å². The van der Waals surface area contributed by atoms with E-state index < -0.39 is 11.7 Å². The number of nitrogens with two attached hydrogens (primary N) is 2. The minimum absolute atomic E-state index is 0.0187. The highest BCUT2D eigenvalue weighted by Crippen LogP contribution is 2.41. The van der Waals surface area contributed by atoms with E-state index in [1.165, 1.54) is 16.7 Å². The lowest BCUT2D eigenvalue weighted by Crippen LogP contribution is -2.35. The van der Waals surface area contributed by atoms with Gasteiger partial charge in [-0.25, -0.2) is 14.8 Å². The fraction of sp³-hybridized carbons (Fsp3) is 0.444. The number of alkyl carbamates (subject to hydrolysis) is 1. The zero-order valence-corrected chi connectivity index (χ0v) is 23.9. The molecule has 0 aliphatic heterocycles. The largest absolute Gasteiger partial charge is 0.444 e. The number of nitrogen functional groups attached to an aromatic ring is 1. The molecule has 208 valence electrons. The number of benzene rings is 1. The van der Waals surface area contributed by atoms with Crippen molar-refractivity contribution in [1.82, 2.24) is 20.2 Å². The first-order chi connectivity index (χ1) is 18.5. The van der Waals surface area contributed by atoms with Crippen LogP contribution in [0.4, 0.5) is 27.7 Å². The monoisotopic (exact) mass is 553 g/mol. The number of thiophene rings is 1. The number of amides is 2. The minimum Gasteiger partial charge on any atom is -0.444 e. The smallest absolute Gasteiger partial charge is 0.407 e. The van der Waals surface area contributed by atoms with Crippen LogP contribution in [0.3, 0.4) is 0 Å². The molecular formula is C27H37N8O3S+. The van der Waals surface area contributed by atoms with E-state index in [9.17, 15) is 9.59 Å². The molecule has 7 N–H and O–H groups in total. The van der Waals surface area contributed by atoms with Crippen LogP contribution in [-0.2, 0) is 22.4 Å². The molecule has 2 amide bonds. The molecular weight excluding hydrogens is 516 g/mol. The lowest BCUT2D eigenvalue weighted by molar-refractivity contribution is -0.133. The quantitative estimate of drug-likeness (QED) is 0.161. The van der Waals surface area contributed by atoms with Gasteiger partial charge in [0.1, 0.15) is 22.6 Å². The summed E-state index contributed by atoms with van der Waals surface area (Å²) in [4.78, 5) is 37.4. The highest BCUT2D eigenvalue weighted by atomic mass is 32.1. The maximum atomic E-state index is 12.6. The Morgan fingerprint density at radius 2 is 2.00 bits per heavy atom. The SMILES string of the molecule is CN(C)C(=O)[C@H]1CCc2c(sc3ncnc(Nc4cc(C=[NH2+])c(N)cc4NCCNC(=O)OC(C)(C)C)c23)C1. The second kappa shape index (κ2) is 11.4. The molecule has 0 saturated carbocycles. The lowest BCUT2D eigenvalue weighted by Gasteiger charge is -2.24. The number of ether oxygens (including phenoxy) is 1. The van der Waals surface area contributed by atoms with Crippen LogP contribution in [0.25, 0.3) is 10.2 Å². The molecule has 4 rings (SSSR count). The summed E-state index contributed by atoms with van der Waals surface area (Å²) in [7, 11) is 3.60. The van der Waals surface area contributed by atoms with E-state index in [-0.39, 0.29) is 11.8 Å². The van der Waals surface area contributed by atoms with Gasteiger partial charge in [-0.3, -0.25) is 10.2 Å². The number of rotatable bonds is 8. The second-order valence-corrected chi connectivity index (χ2v) is 11.8. The van der Waals surface area contributed by atoms with E-state index in [0.29, 0.717) is 36.6 Å². The van der Waals surface area contributed by atoms with E-state index >= 15 is 0 Å². The average Bonchev–Trinajstić information content (AvgIpc) is 3.25. The molecule has 3 aromatic rings. The fourth-order valence-corrected chi connectivity index (χ4v) is 5.88. The molecule has 1 aliphatic carbocycles. The van der Waals surface area contributed by atoms with Crippen LogP contribution in [0, 0.1) is 5.92 Å². The van der Waals surface area contributed by atoms with Crippen molar-refractivity contribution in [2.24, 2.45) is 5.92 Å². The molecule has 12 heteroatoms. The van der Waals surface area contributed by atoms with Gasteiger partial charge in [0.15, 0.2) is 6.21 Å². The van der Waals surface area contributed by atoms with Crippen molar-refractivity contribution >= 4 is 62.6 Å². The Bertz CT molecular complexity index is 1400. The summed E-state index contributed by atoms with van der Waals surface area (Å²) in [5.74, 6) is 0.819. The molecule has 2 aromatic heterocycles. The molecule has 0 fully saturated rings. The van der Waals surface area contributed by atoms with Crippen molar-refractivity contribution in [2.45, 2.75) is 45.6 Å². The number of fused-ring (bicyclic) bond motifs is 3. The molecule has 0 saturated heterocycles. The number of aromatic nitrogens is 2.